The maximum Gasteiger partial charge on any atom is 0.330 e. The number of para-hydroxylation sites is 1. The summed E-state index contributed by atoms with van der Waals surface area (Å²) in [6.45, 7) is 1.95. The molecule has 130 valence electrons. The summed E-state index contributed by atoms with van der Waals surface area (Å²) in [5.74, 6) is -2.24. The van der Waals surface area contributed by atoms with Crippen molar-refractivity contribution in [2.45, 2.75) is 25.8 Å². The predicted molar refractivity (Wildman–Crippen MR) is 89.5 cm³/mol. The van der Waals surface area contributed by atoms with Crippen molar-refractivity contribution in [3.05, 3.63) is 42.1 Å². The van der Waals surface area contributed by atoms with Gasteiger partial charge in [-0.25, -0.2) is 4.79 Å². The number of rotatable bonds is 8. The first-order chi connectivity index (χ1) is 11.3. The zero-order valence-electron chi connectivity index (χ0n) is 14.0. The Kier molecular flexibility index (Phi) is 7.48. The van der Waals surface area contributed by atoms with Gasteiger partial charge in [0.2, 0.25) is 5.91 Å². The molecule has 24 heavy (non-hydrogen) atoms. The fraction of sp³-hybridized carbons (Fsp3) is 0.353. The minimum Gasteiger partial charge on any atom is -0.479 e. The fourth-order valence-corrected chi connectivity index (χ4v) is 2.01. The highest BCUT2D eigenvalue weighted by Crippen LogP contribution is 2.17. The van der Waals surface area contributed by atoms with Crippen LogP contribution >= 0.6 is 0 Å². The molecular formula is C17H22N2O5. The number of carboxylic acid groups (broad SMARTS) is 1. The molecule has 0 saturated carbocycles. The summed E-state index contributed by atoms with van der Waals surface area (Å²) in [5, 5.41) is 11.6. The Morgan fingerprint density at radius 3 is 2.54 bits per heavy atom. The van der Waals surface area contributed by atoms with Crippen molar-refractivity contribution in [1.82, 2.24) is 5.32 Å². The topological polar surface area (TPSA) is 95.9 Å². The first-order valence-corrected chi connectivity index (χ1v) is 7.41. The van der Waals surface area contributed by atoms with E-state index in [9.17, 15) is 19.5 Å². The van der Waals surface area contributed by atoms with Gasteiger partial charge in [0.15, 0.2) is 0 Å². The minimum atomic E-state index is -1.18. The lowest BCUT2D eigenvalue weighted by atomic mass is 10.2. The van der Waals surface area contributed by atoms with Crippen LogP contribution in [0.5, 0.6) is 0 Å². The first-order valence-electron chi connectivity index (χ1n) is 7.41. The summed E-state index contributed by atoms with van der Waals surface area (Å²) < 4.78 is 4.44. The Balaban J connectivity index is 2.68. The number of carbonyl (C=O) groups is 3. The van der Waals surface area contributed by atoms with Crippen LogP contribution in [-0.2, 0) is 19.1 Å². The predicted octanol–water partition coefficient (Wildman–Crippen LogP) is 1.47. The van der Waals surface area contributed by atoms with Crippen molar-refractivity contribution in [3.63, 3.8) is 0 Å². The van der Waals surface area contributed by atoms with E-state index in [2.05, 4.69) is 10.1 Å². The summed E-state index contributed by atoms with van der Waals surface area (Å²) in [4.78, 5) is 35.8. The van der Waals surface area contributed by atoms with E-state index in [0.717, 1.165) is 11.3 Å². The molecular weight excluding hydrogens is 312 g/mol. The normalized spacial score (nSPS) is 11.8. The van der Waals surface area contributed by atoms with Crippen LogP contribution in [0.1, 0.15) is 18.4 Å². The van der Waals surface area contributed by atoms with E-state index in [1.165, 1.54) is 13.2 Å². The summed E-state index contributed by atoms with van der Waals surface area (Å²) >= 11 is 0. The molecule has 0 saturated heterocycles. The number of hydrogen-bond donors (Lipinski definition) is 2. The molecule has 1 aromatic carbocycles. The molecule has 1 amide bonds. The van der Waals surface area contributed by atoms with Gasteiger partial charge in [0.05, 0.1) is 13.5 Å². The van der Waals surface area contributed by atoms with E-state index in [4.69, 9.17) is 0 Å². The number of carbonyl (C=O) groups excluding carboxylic acids is 2. The zero-order chi connectivity index (χ0) is 18.1. The number of benzene rings is 1. The number of nitrogens with zero attached hydrogens (tertiary/aromatic N) is 1. The Hall–Kier alpha value is -2.83. The van der Waals surface area contributed by atoms with Gasteiger partial charge in [0.1, 0.15) is 6.04 Å². The van der Waals surface area contributed by atoms with Gasteiger partial charge in [0, 0.05) is 25.4 Å². The monoisotopic (exact) mass is 334 g/mol. The average Bonchev–Trinajstić information content (AvgIpc) is 2.56. The van der Waals surface area contributed by atoms with Crippen molar-refractivity contribution >= 4 is 23.5 Å². The highest BCUT2D eigenvalue weighted by Gasteiger charge is 2.17. The largest absolute Gasteiger partial charge is 0.479 e. The molecule has 1 aromatic rings. The van der Waals surface area contributed by atoms with Gasteiger partial charge in [0.25, 0.3) is 0 Å². The number of amides is 1. The second-order valence-corrected chi connectivity index (χ2v) is 5.20. The molecule has 0 heterocycles. The molecule has 2 N–H and O–H groups in total. The lowest BCUT2D eigenvalue weighted by molar-refractivity contribution is -0.142. The van der Waals surface area contributed by atoms with Crippen LogP contribution in [0.3, 0.4) is 0 Å². The van der Waals surface area contributed by atoms with Gasteiger partial charge in [-0.2, -0.15) is 0 Å². The van der Waals surface area contributed by atoms with Gasteiger partial charge in [-0.1, -0.05) is 18.2 Å². The Morgan fingerprint density at radius 2 is 1.96 bits per heavy atom. The number of hydrogen-bond acceptors (Lipinski definition) is 5. The van der Waals surface area contributed by atoms with Gasteiger partial charge in [-0.05, 0) is 24.6 Å². The van der Waals surface area contributed by atoms with Gasteiger partial charge in [-0.3, -0.25) is 9.59 Å². The number of ether oxygens (including phenoxy) is 1. The standard InChI is InChI=1S/C17H22N2O5/c1-12-6-4-5-7-14(12)19(2)11-10-13(17(22)23)18-15(20)8-9-16(21)24-3/h4-7,10-11,13H,8-9H2,1-3H3,(H,18,20)(H,22,23)/b11-10+. The SMILES string of the molecule is COC(=O)CCC(=O)NC(/C=C/N(C)c1ccccc1C)C(=O)O. The molecule has 1 unspecified atom stereocenters. The van der Waals surface area contributed by atoms with Crippen LogP contribution in [0.15, 0.2) is 36.5 Å². The molecule has 7 nitrogen and oxygen atoms in total. The third kappa shape index (κ3) is 6.12. The van der Waals surface area contributed by atoms with Crippen molar-refractivity contribution in [1.29, 1.82) is 0 Å². The van der Waals surface area contributed by atoms with Gasteiger partial charge in [-0.15, -0.1) is 0 Å². The number of nitrogens with one attached hydrogen (secondary N) is 1. The van der Waals surface area contributed by atoms with Gasteiger partial charge < -0.3 is 20.1 Å². The molecule has 0 fully saturated rings. The number of carboxylic acids is 1. The van der Waals surface area contributed by atoms with E-state index in [1.807, 2.05) is 31.2 Å². The molecule has 0 spiro atoms. The Bertz CT molecular complexity index is 627. The van der Waals surface area contributed by atoms with Crippen molar-refractivity contribution in [2.75, 3.05) is 19.1 Å². The number of anilines is 1. The molecule has 0 aliphatic carbocycles. The van der Waals surface area contributed by atoms with E-state index in [1.54, 1.807) is 18.1 Å². The molecule has 1 atom stereocenters. The van der Waals surface area contributed by atoms with Crippen molar-refractivity contribution < 1.29 is 24.2 Å². The second-order valence-electron chi connectivity index (χ2n) is 5.20. The summed E-state index contributed by atoms with van der Waals surface area (Å²) in [6.07, 6.45) is 2.74. The van der Waals surface area contributed by atoms with E-state index in [-0.39, 0.29) is 12.8 Å². The van der Waals surface area contributed by atoms with Crippen LogP contribution in [0.25, 0.3) is 0 Å². The quantitative estimate of drug-likeness (QED) is 0.699. The van der Waals surface area contributed by atoms with Gasteiger partial charge >= 0.3 is 11.9 Å². The van der Waals surface area contributed by atoms with Crippen LogP contribution in [0.2, 0.25) is 0 Å². The number of methoxy groups -OCH3 is 1. The Labute approximate surface area is 140 Å². The fourth-order valence-electron chi connectivity index (χ4n) is 2.01. The third-order valence-corrected chi connectivity index (χ3v) is 3.36. The minimum absolute atomic E-state index is 0.0957. The van der Waals surface area contributed by atoms with Crippen molar-refractivity contribution in [2.24, 2.45) is 0 Å². The van der Waals surface area contributed by atoms with Crippen molar-refractivity contribution in [3.8, 4) is 0 Å². The summed E-state index contributed by atoms with van der Waals surface area (Å²) in [6, 6.07) is 6.47. The first kappa shape index (κ1) is 19.2. The highest BCUT2D eigenvalue weighted by molar-refractivity contribution is 5.86. The molecule has 0 bridgehead atoms. The molecule has 0 aliphatic rings. The van der Waals surface area contributed by atoms with E-state index >= 15 is 0 Å². The number of esters is 1. The smallest absolute Gasteiger partial charge is 0.330 e. The highest BCUT2D eigenvalue weighted by atomic mass is 16.5. The Morgan fingerprint density at radius 1 is 1.29 bits per heavy atom. The lowest BCUT2D eigenvalue weighted by Crippen LogP contribution is -2.39. The van der Waals surface area contributed by atoms with Crippen LogP contribution < -0.4 is 10.2 Å². The average molecular weight is 334 g/mol. The third-order valence-electron chi connectivity index (χ3n) is 3.36. The number of aryl methyl sites for hydroxylation is 1. The van der Waals surface area contributed by atoms with E-state index < -0.39 is 23.9 Å². The second kappa shape index (κ2) is 9.34. The summed E-state index contributed by atoms with van der Waals surface area (Å²) in [5.41, 5.74) is 1.97. The summed E-state index contributed by atoms with van der Waals surface area (Å²) in [7, 11) is 3.02. The molecule has 7 heteroatoms. The van der Waals surface area contributed by atoms with Crippen LogP contribution in [-0.4, -0.2) is 43.2 Å². The molecule has 0 aromatic heterocycles. The maximum absolute atomic E-state index is 11.7. The molecule has 0 radical (unpaired) electrons. The number of aliphatic carboxylic acids is 1. The van der Waals surface area contributed by atoms with E-state index in [0.29, 0.717) is 0 Å². The molecule has 1 rings (SSSR count). The van der Waals surface area contributed by atoms with Crippen LogP contribution in [0, 0.1) is 6.92 Å². The zero-order valence-corrected chi connectivity index (χ0v) is 14.0. The molecule has 0 aliphatic heterocycles. The van der Waals surface area contributed by atoms with Crippen LogP contribution in [0.4, 0.5) is 5.69 Å². The maximum atomic E-state index is 11.7. The lowest BCUT2D eigenvalue weighted by Gasteiger charge is -2.18.